The van der Waals surface area contributed by atoms with Gasteiger partial charge in [-0.25, -0.2) is 13.6 Å². The fourth-order valence-electron chi connectivity index (χ4n) is 1.95. The van der Waals surface area contributed by atoms with Crippen LogP contribution in [0.4, 0.5) is 22.0 Å². The first-order valence-electron chi connectivity index (χ1n) is 6.09. The number of nitrogens with zero attached hydrogens (tertiary/aromatic N) is 1. The van der Waals surface area contributed by atoms with Crippen LogP contribution in [0, 0.1) is 0 Å². The minimum Gasteiger partial charge on any atom is -0.403 e. The van der Waals surface area contributed by atoms with Crippen LogP contribution in [0.15, 0.2) is 20.1 Å². The predicted molar refractivity (Wildman–Crippen MR) is 64.8 cm³/mol. The van der Waals surface area contributed by atoms with Crippen molar-refractivity contribution >= 4 is 11.1 Å². The Kier molecular flexibility index (Phi) is 4.29. The van der Waals surface area contributed by atoms with Gasteiger partial charge in [-0.15, -0.1) is 0 Å². The second kappa shape index (κ2) is 5.85. The molecule has 0 bridgehead atoms. The topological polar surface area (TPSA) is 76.0 Å². The highest BCUT2D eigenvalue weighted by atomic mass is 19.4. The largest absolute Gasteiger partial charge is 0.403 e. The molecule has 22 heavy (non-hydrogen) atoms. The molecule has 0 radical (unpaired) electrons. The van der Waals surface area contributed by atoms with Crippen LogP contribution in [-0.2, 0) is 6.42 Å². The van der Waals surface area contributed by atoms with E-state index < -0.39 is 41.7 Å². The van der Waals surface area contributed by atoms with Gasteiger partial charge >= 0.3 is 11.8 Å². The molecule has 2 aromatic heterocycles. The molecular formula is C12H9F5N2O3. The van der Waals surface area contributed by atoms with Crippen molar-refractivity contribution in [3.63, 3.8) is 0 Å². The molecule has 120 valence electrons. The summed E-state index contributed by atoms with van der Waals surface area (Å²) in [7, 11) is 0. The van der Waals surface area contributed by atoms with Gasteiger partial charge in [0.1, 0.15) is 5.39 Å². The minimum atomic E-state index is -4.37. The van der Waals surface area contributed by atoms with Crippen LogP contribution in [0.25, 0.3) is 11.1 Å². The van der Waals surface area contributed by atoms with E-state index in [0.717, 1.165) is 6.07 Å². The number of hydrogen-bond donors (Lipinski definition) is 1. The zero-order valence-electron chi connectivity index (χ0n) is 10.8. The van der Waals surface area contributed by atoms with E-state index in [1.54, 1.807) is 0 Å². The standard InChI is InChI=1S/C12H9F5N2O3/c13-8(14)9-18-10(21)7-5(2-1-3-12(15,16)17)4-6(20)22-11(7)19-9/h4,8H,1-3H2,(H,18,19,21). The molecule has 0 atom stereocenters. The summed E-state index contributed by atoms with van der Waals surface area (Å²) < 4.78 is 66.0. The first-order chi connectivity index (χ1) is 10.2. The van der Waals surface area contributed by atoms with Gasteiger partial charge in [0.2, 0.25) is 5.71 Å². The van der Waals surface area contributed by atoms with E-state index in [0.29, 0.717) is 0 Å². The maximum atomic E-state index is 12.5. The van der Waals surface area contributed by atoms with E-state index in [4.69, 9.17) is 0 Å². The summed E-state index contributed by atoms with van der Waals surface area (Å²) in [6, 6.07) is 0.859. The van der Waals surface area contributed by atoms with Crippen molar-refractivity contribution < 1.29 is 26.4 Å². The maximum absolute atomic E-state index is 12.5. The van der Waals surface area contributed by atoms with Gasteiger partial charge in [-0.05, 0) is 18.4 Å². The molecule has 0 aromatic carbocycles. The number of aromatic nitrogens is 2. The summed E-state index contributed by atoms with van der Waals surface area (Å²) in [6.45, 7) is 0. The second-order valence-electron chi connectivity index (χ2n) is 4.49. The number of rotatable bonds is 4. The van der Waals surface area contributed by atoms with Crippen LogP contribution in [0.1, 0.15) is 30.7 Å². The quantitative estimate of drug-likeness (QED) is 0.877. The molecule has 0 spiro atoms. The van der Waals surface area contributed by atoms with Crippen LogP contribution in [0.3, 0.4) is 0 Å². The summed E-state index contributed by atoms with van der Waals surface area (Å²) in [4.78, 5) is 28.2. The molecule has 0 saturated heterocycles. The number of aromatic amines is 1. The zero-order valence-corrected chi connectivity index (χ0v) is 10.8. The Morgan fingerprint density at radius 3 is 2.55 bits per heavy atom. The lowest BCUT2D eigenvalue weighted by atomic mass is 10.1. The lowest BCUT2D eigenvalue weighted by molar-refractivity contribution is -0.135. The fraction of sp³-hybridized carbons (Fsp3) is 0.417. The summed E-state index contributed by atoms with van der Waals surface area (Å²) in [5.41, 5.74) is -2.61. The van der Waals surface area contributed by atoms with E-state index in [1.807, 2.05) is 4.98 Å². The van der Waals surface area contributed by atoms with Crippen molar-refractivity contribution in [2.24, 2.45) is 0 Å². The number of fused-ring (bicyclic) bond motifs is 1. The normalized spacial score (nSPS) is 12.3. The van der Waals surface area contributed by atoms with Gasteiger partial charge in [-0.3, -0.25) is 4.79 Å². The molecule has 0 aliphatic heterocycles. The van der Waals surface area contributed by atoms with Gasteiger partial charge < -0.3 is 9.40 Å². The molecular weight excluding hydrogens is 315 g/mol. The highest BCUT2D eigenvalue weighted by Gasteiger charge is 2.26. The molecule has 10 heteroatoms. The van der Waals surface area contributed by atoms with Crippen LogP contribution in [0.2, 0.25) is 0 Å². The van der Waals surface area contributed by atoms with E-state index in [9.17, 15) is 31.5 Å². The van der Waals surface area contributed by atoms with E-state index in [-0.39, 0.29) is 23.8 Å². The summed E-state index contributed by atoms with van der Waals surface area (Å²) in [6.07, 6.45) is -9.16. The van der Waals surface area contributed by atoms with Crippen molar-refractivity contribution in [3.05, 3.63) is 38.2 Å². The Morgan fingerprint density at radius 1 is 1.27 bits per heavy atom. The van der Waals surface area contributed by atoms with Gasteiger partial charge in [-0.1, -0.05) is 0 Å². The highest BCUT2D eigenvalue weighted by molar-refractivity contribution is 5.75. The number of halogens is 5. The van der Waals surface area contributed by atoms with Crippen LogP contribution in [-0.4, -0.2) is 16.1 Å². The smallest absolute Gasteiger partial charge is 0.389 e. The molecule has 2 aromatic rings. The summed E-state index contributed by atoms with van der Waals surface area (Å²) in [5, 5.41) is -0.300. The average Bonchev–Trinajstić information content (AvgIpc) is 2.35. The molecule has 2 heterocycles. The first-order valence-corrected chi connectivity index (χ1v) is 6.09. The van der Waals surface area contributed by atoms with Gasteiger partial charge in [0.25, 0.3) is 12.0 Å². The Balaban J connectivity index is 2.46. The Labute approximate surface area is 118 Å². The molecule has 0 unspecified atom stereocenters. The minimum absolute atomic E-state index is 0.0231. The zero-order chi connectivity index (χ0) is 16.5. The Morgan fingerprint density at radius 2 is 1.95 bits per heavy atom. The van der Waals surface area contributed by atoms with Crippen LogP contribution >= 0.6 is 0 Å². The lowest BCUT2D eigenvalue weighted by Crippen LogP contribution is -2.17. The number of hydrogen-bond acceptors (Lipinski definition) is 4. The maximum Gasteiger partial charge on any atom is 0.389 e. The molecule has 0 aliphatic rings. The van der Waals surface area contributed by atoms with E-state index >= 15 is 0 Å². The SMILES string of the molecule is O=c1cc(CCCC(F)(F)F)c2c(=O)[nH]c(C(F)F)nc2o1. The number of H-pyrrole nitrogens is 1. The molecule has 0 saturated carbocycles. The third-order valence-electron chi connectivity index (χ3n) is 2.83. The lowest BCUT2D eigenvalue weighted by Gasteiger charge is -2.07. The fourth-order valence-corrected chi connectivity index (χ4v) is 1.95. The van der Waals surface area contributed by atoms with Crippen molar-refractivity contribution in [2.45, 2.75) is 31.9 Å². The number of alkyl halides is 5. The van der Waals surface area contributed by atoms with Gasteiger partial charge in [0.05, 0.1) is 0 Å². The third kappa shape index (κ3) is 3.68. The first kappa shape index (κ1) is 16.1. The Bertz CT molecular complexity index is 794. The van der Waals surface area contributed by atoms with Gasteiger partial charge in [-0.2, -0.15) is 18.2 Å². The number of aryl methyl sites for hydroxylation is 1. The Hall–Kier alpha value is -2.26. The average molecular weight is 324 g/mol. The summed E-state index contributed by atoms with van der Waals surface area (Å²) in [5.74, 6) is -0.979. The molecule has 5 nitrogen and oxygen atoms in total. The van der Waals surface area contributed by atoms with Crippen molar-refractivity contribution in [2.75, 3.05) is 0 Å². The second-order valence-corrected chi connectivity index (χ2v) is 4.49. The third-order valence-corrected chi connectivity index (χ3v) is 2.83. The highest BCUT2D eigenvalue weighted by Crippen LogP contribution is 2.23. The monoisotopic (exact) mass is 324 g/mol. The van der Waals surface area contributed by atoms with Gasteiger partial charge in [0, 0.05) is 12.5 Å². The predicted octanol–water partition coefficient (Wildman–Crippen LogP) is 2.70. The van der Waals surface area contributed by atoms with Gasteiger partial charge in [0.15, 0.2) is 5.82 Å². The number of nitrogens with one attached hydrogen (secondary N) is 1. The van der Waals surface area contributed by atoms with E-state index in [1.165, 1.54) is 0 Å². The summed E-state index contributed by atoms with van der Waals surface area (Å²) >= 11 is 0. The molecule has 0 aliphatic carbocycles. The molecule has 1 N–H and O–H groups in total. The van der Waals surface area contributed by atoms with Crippen molar-refractivity contribution in [1.82, 2.24) is 9.97 Å². The van der Waals surface area contributed by atoms with Crippen molar-refractivity contribution in [1.29, 1.82) is 0 Å². The van der Waals surface area contributed by atoms with Crippen LogP contribution in [0.5, 0.6) is 0 Å². The van der Waals surface area contributed by atoms with Crippen molar-refractivity contribution in [3.8, 4) is 0 Å². The molecule has 2 rings (SSSR count). The molecule has 0 fully saturated rings. The molecule has 0 amide bonds. The van der Waals surface area contributed by atoms with E-state index in [2.05, 4.69) is 9.40 Å². The van der Waals surface area contributed by atoms with Crippen LogP contribution < -0.4 is 11.2 Å².